The van der Waals surface area contributed by atoms with E-state index in [2.05, 4.69) is 4.72 Å². The predicted molar refractivity (Wildman–Crippen MR) is 125 cm³/mol. The van der Waals surface area contributed by atoms with Crippen LogP contribution in [0.3, 0.4) is 0 Å². The van der Waals surface area contributed by atoms with Crippen molar-refractivity contribution in [1.82, 2.24) is 9.62 Å². The summed E-state index contributed by atoms with van der Waals surface area (Å²) >= 11 is 0. The van der Waals surface area contributed by atoms with Gasteiger partial charge in [0, 0.05) is 13.1 Å². The predicted octanol–water partition coefficient (Wildman–Crippen LogP) is 3.37. The average Bonchev–Trinajstić information content (AvgIpc) is 2.84. The fourth-order valence-electron chi connectivity index (χ4n) is 3.26. The van der Waals surface area contributed by atoms with Crippen LogP contribution in [0, 0.1) is 0 Å². The first-order valence-electron chi connectivity index (χ1n) is 10.4. The Labute approximate surface area is 194 Å². The first-order chi connectivity index (χ1) is 15.8. The zero-order chi connectivity index (χ0) is 23.8. The molecule has 0 aromatic heterocycles. The summed E-state index contributed by atoms with van der Waals surface area (Å²) in [5.41, 5.74) is 1.94. The molecule has 3 rings (SSSR count). The van der Waals surface area contributed by atoms with Crippen LogP contribution < -0.4 is 4.72 Å². The van der Waals surface area contributed by atoms with E-state index in [1.807, 2.05) is 60.7 Å². The quantitative estimate of drug-likeness (QED) is 0.488. The Balaban J connectivity index is 1.77. The van der Waals surface area contributed by atoms with Gasteiger partial charge in [0.05, 0.1) is 10.5 Å². The summed E-state index contributed by atoms with van der Waals surface area (Å²) in [6, 6.07) is 24.6. The highest BCUT2D eigenvalue weighted by atomic mass is 32.2. The lowest BCUT2D eigenvalue weighted by Crippen LogP contribution is -2.39. The van der Waals surface area contributed by atoms with Crippen molar-refractivity contribution >= 4 is 21.9 Å². The third-order valence-electron chi connectivity index (χ3n) is 5.02. The van der Waals surface area contributed by atoms with Crippen LogP contribution in [0.25, 0.3) is 0 Å². The highest BCUT2D eigenvalue weighted by molar-refractivity contribution is 7.89. The van der Waals surface area contributed by atoms with Crippen LogP contribution in [-0.2, 0) is 32.6 Å². The molecule has 0 spiro atoms. The molecule has 1 N–H and O–H groups in total. The van der Waals surface area contributed by atoms with Gasteiger partial charge >= 0.3 is 5.97 Å². The van der Waals surface area contributed by atoms with E-state index >= 15 is 0 Å². The number of rotatable bonds is 9. The van der Waals surface area contributed by atoms with Gasteiger partial charge in [-0.25, -0.2) is 17.9 Å². The second-order valence-electron chi connectivity index (χ2n) is 7.45. The number of sulfonamides is 1. The largest absolute Gasteiger partial charge is 0.449 e. The van der Waals surface area contributed by atoms with Crippen LogP contribution in [-0.4, -0.2) is 38.3 Å². The number of nitrogens with one attached hydrogen (secondary N) is 1. The van der Waals surface area contributed by atoms with Gasteiger partial charge in [-0.15, -0.1) is 0 Å². The molecule has 0 fully saturated rings. The van der Waals surface area contributed by atoms with E-state index in [1.165, 1.54) is 38.2 Å². The van der Waals surface area contributed by atoms with Gasteiger partial charge in [0.25, 0.3) is 5.91 Å². The number of amides is 1. The van der Waals surface area contributed by atoms with Gasteiger partial charge in [-0.05, 0) is 43.3 Å². The minimum absolute atomic E-state index is 0.0450. The summed E-state index contributed by atoms with van der Waals surface area (Å²) in [5.74, 6) is -1.13. The summed E-state index contributed by atoms with van der Waals surface area (Å²) in [6.45, 7) is 2.22. The Morgan fingerprint density at radius 3 is 1.94 bits per heavy atom. The molecule has 0 aliphatic carbocycles. The van der Waals surface area contributed by atoms with E-state index in [0.29, 0.717) is 13.1 Å². The van der Waals surface area contributed by atoms with Crippen molar-refractivity contribution in [2.24, 2.45) is 0 Å². The fourth-order valence-corrected chi connectivity index (χ4v) is 4.04. The molecule has 0 saturated carbocycles. The monoisotopic (exact) mass is 466 g/mol. The Bertz CT molecular complexity index is 1160. The molecular weight excluding hydrogens is 440 g/mol. The maximum Gasteiger partial charge on any atom is 0.338 e. The Morgan fingerprint density at radius 1 is 0.879 bits per heavy atom. The smallest absolute Gasteiger partial charge is 0.338 e. The van der Waals surface area contributed by atoms with Gasteiger partial charge in [-0.2, -0.15) is 0 Å². The summed E-state index contributed by atoms with van der Waals surface area (Å²) in [7, 11) is -2.43. The highest BCUT2D eigenvalue weighted by Crippen LogP contribution is 2.16. The van der Waals surface area contributed by atoms with E-state index in [0.717, 1.165) is 11.1 Å². The SMILES string of the molecule is CNS(=O)(=O)c1cccc(C(=O)O[C@H](C)C(=O)N(Cc2ccccc2)Cc2ccccc2)c1. The van der Waals surface area contributed by atoms with Crippen LogP contribution >= 0.6 is 0 Å². The van der Waals surface area contributed by atoms with Gasteiger partial charge in [0.1, 0.15) is 0 Å². The van der Waals surface area contributed by atoms with Gasteiger partial charge < -0.3 is 9.64 Å². The summed E-state index contributed by atoms with van der Waals surface area (Å²) in [4.78, 5) is 27.5. The number of esters is 1. The van der Waals surface area contributed by atoms with E-state index < -0.39 is 22.1 Å². The van der Waals surface area contributed by atoms with Crippen molar-refractivity contribution in [3.63, 3.8) is 0 Å². The molecular formula is C25H26N2O5S. The van der Waals surface area contributed by atoms with E-state index in [9.17, 15) is 18.0 Å². The molecule has 0 bridgehead atoms. The van der Waals surface area contributed by atoms with Crippen LogP contribution in [0.2, 0.25) is 0 Å². The van der Waals surface area contributed by atoms with Crippen molar-refractivity contribution in [2.75, 3.05) is 7.05 Å². The molecule has 0 aliphatic heterocycles. The third kappa shape index (κ3) is 6.50. The Hall–Kier alpha value is -3.49. The van der Waals surface area contributed by atoms with Crippen LogP contribution in [0.4, 0.5) is 0 Å². The fraction of sp³-hybridized carbons (Fsp3) is 0.200. The first-order valence-corrected chi connectivity index (χ1v) is 11.9. The number of carbonyl (C=O) groups is 2. The Kier molecular flexibility index (Phi) is 7.97. The van der Waals surface area contributed by atoms with E-state index in [1.54, 1.807) is 4.90 Å². The lowest BCUT2D eigenvalue weighted by atomic mass is 10.1. The van der Waals surface area contributed by atoms with Gasteiger partial charge in [-0.1, -0.05) is 66.7 Å². The zero-order valence-electron chi connectivity index (χ0n) is 18.5. The molecule has 3 aromatic rings. The molecule has 8 heteroatoms. The van der Waals surface area contributed by atoms with Gasteiger partial charge in [-0.3, -0.25) is 4.79 Å². The van der Waals surface area contributed by atoms with Crippen LogP contribution in [0.15, 0.2) is 89.8 Å². The zero-order valence-corrected chi connectivity index (χ0v) is 19.3. The molecule has 0 heterocycles. The molecule has 0 aliphatic rings. The highest BCUT2D eigenvalue weighted by Gasteiger charge is 2.25. The minimum atomic E-state index is -3.71. The summed E-state index contributed by atoms with van der Waals surface area (Å²) in [5, 5.41) is 0. The molecule has 3 aromatic carbocycles. The van der Waals surface area contributed by atoms with E-state index in [4.69, 9.17) is 4.74 Å². The molecule has 1 atom stereocenters. The maximum absolute atomic E-state index is 13.2. The summed E-state index contributed by atoms with van der Waals surface area (Å²) < 4.78 is 31.7. The molecule has 0 radical (unpaired) electrons. The minimum Gasteiger partial charge on any atom is -0.449 e. The van der Waals surface area contributed by atoms with Crippen molar-refractivity contribution in [3.8, 4) is 0 Å². The topological polar surface area (TPSA) is 92.8 Å². The number of benzene rings is 3. The lowest BCUT2D eigenvalue weighted by Gasteiger charge is -2.26. The number of ether oxygens (including phenoxy) is 1. The Morgan fingerprint density at radius 2 is 1.42 bits per heavy atom. The van der Waals surface area contributed by atoms with Crippen molar-refractivity contribution in [3.05, 3.63) is 102 Å². The number of hydrogen-bond acceptors (Lipinski definition) is 5. The molecule has 33 heavy (non-hydrogen) atoms. The number of hydrogen-bond donors (Lipinski definition) is 1. The first kappa shape index (κ1) is 24.2. The van der Waals surface area contributed by atoms with E-state index in [-0.39, 0.29) is 16.4 Å². The van der Waals surface area contributed by atoms with Crippen molar-refractivity contribution < 1.29 is 22.7 Å². The van der Waals surface area contributed by atoms with Crippen molar-refractivity contribution in [1.29, 1.82) is 0 Å². The van der Waals surface area contributed by atoms with Crippen LogP contribution in [0.1, 0.15) is 28.4 Å². The number of carbonyl (C=O) groups excluding carboxylic acids is 2. The second-order valence-corrected chi connectivity index (χ2v) is 9.33. The molecule has 0 unspecified atom stereocenters. The van der Waals surface area contributed by atoms with Crippen LogP contribution in [0.5, 0.6) is 0 Å². The molecule has 7 nitrogen and oxygen atoms in total. The third-order valence-corrected chi connectivity index (χ3v) is 6.44. The molecule has 0 saturated heterocycles. The molecule has 1 amide bonds. The normalized spacial score (nSPS) is 12.1. The lowest BCUT2D eigenvalue weighted by molar-refractivity contribution is -0.141. The van der Waals surface area contributed by atoms with Crippen molar-refractivity contribution in [2.45, 2.75) is 31.0 Å². The summed E-state index contributed by atoms with van der Waals surface area (Å²) in [6.07, 6.45) is -1.06. The standard InChI is InChI=1S/C25H26N2O5S/c1-19(32-25(29)22-14-9-15-23(16-22)33(30,31)26-2)24(28)27(17-20-10-5-3-6-11-20)18-21-12-7-4-8-13-21/h3-16,19,26H,17-18H2,1-2H3/t19-/m1/s1. The molecule has 172 valence electrons. The van der Waals surface area contributed by atoms with Gasteiger partial charge in [0.15, 0.2) is 6.10 Å². The maximum atomic E-state index is 13.2. The average molecular weight is 467 g/mol. The second kappa shape index (κ2) is 10.9. The van der Waals surface area contributed by atoms with Gasteiger partial charge in [0.2, 0.25) is 10.0 Å². The number of nitrogens with zero attached hydrogens (tertiary/aromatic N) is 1.